The standard InChI is InChI=1S/C13H17NO3/c1-17-13(14,12(16)9-6-7-9)11-5-3-2-4-10(11)8-15/h2-5,8-9,12,16H,6-7,14H2,1H3/t12-,13-/m0/s1. The van der Waals surface area contributed by atoms with Gasteiger partial charge in [0.05, 0.1) is 0 Å². The quantitative estimate of drug-likeness (QED) is 0.590. The summed E-state index contributed by atoms with van der Waals surface area (Å²) in [6.07, 6.45) is 1.85. The first-order valence-electron chi connectivity index (χ1n) is 5.70. The third-order valence-electron chi connectivity index (χ3n) is 3.35. The predicted octanol–water partition coefficient (Wildman–Crippen LogP) is 1.03. The van der Waals surface area contributed by atoms with E-state index in [4.69, 9.17) is 10.5 Å². The van der Waals surface area contributed by atoms with Crippen LogP contribution in [0.3, 0.4) is 0 Å². The monoisotopic (exact) mass is 235 g/mol. The number of hydrogen-bond acceptors (Lipinski definition) is 4. The minimum Gasteiger partial charge on any atom is -0.388 e. The van der Waals surface area contributed by atoms with Crippen molar-refractivity contribution in [3.63, 3.8) is 0 Å². The van der Waals surface area contributed by atoms with Crippen LogP contribution in [0.2, 0.25) is 0 Å². The molecule has 0 aliphatic heterocycles. The number of nitrogens with two attached hydrogens (primary N) is 1. The van der Waals surface area contributed by atoms with Crippen molar-refractivity contribution in [2.24, 2.45) is 11.7 Å². The molecule has 2 atom stereocenters. The predicted molar refractivity (Wildman–Crippen MR) is 63.4 cm³/mol. The van der Waals surface area contributed by atoms with Crippen molar-refractivity contribution in [2.45, 2.75) is 24.7 Å². The van der Waals surface area contributed by atoms with Gasteiger partial charge in [-0.2, -0.15) is 0 Å². The summed E-state index contributed by atoms with van der Waals surface area (Å²) in [6, 6.07) is 6.93. The minimum atomic E-state index is -1.31. The number of hydrogen-bond donors (Lipinski definition) is 2. The Hall–Kier alpha value is -1.23. The van der Waals surface area contributed by atoms with Crippen LogP contribution in [0, 0.1) is 5.92 Å². The Balaban J connectivity index is 2.42. The molecule has 1 aromatic carbocycles. The molecule has 0 aromatic heterocycles. The molecule has 0 unspecified atom stereocenters. The van der Waals surface area contributed by atoms with E-state index in [1.807, 2.05) is 0 Å². The topological polar surface area (TPSA) is 72.5 Å². The van der Waals surface area contributed by atoms with E-state index in [1.165, 1.54) is 7.11 Å². The molecule has 0 amide bonds. The molecule has 0 heterocycles. The van der Waals surface area contributed by atoms with Gasteiger partial charge in [-0.15, -0.1) is 0 Å². The first-order valence-corrected chi connectivity index (χ1v) is 5.70. The van der Waals surface area contributed by atoms with Crippen molar-refractivity contribution in [3.05, 3.63) is 35.4 Å². The number of ether oxygens (including phenoxy) is 1. The van der Waals surface area contributed by atoms with Gasteiger partial charge in [0.2, 0.25) is 0 Å². The van der Waals surface area contributed by atoms with Crippen LogP contribution in [0.15, 0.2) is 24.3 Å². The molecular weight excluding hydrogens is 218 g/mol. The van der Waals surface area contributed by atoms with Gasteiger partial charge in [-0.3, -0.25) is 10.5 Å². The zero-order chi connectivity index (χ0) is 12.5. The van der Waals surface area contributed by atoms with Gasteiger partial charge < -0.3 is 9.84 Å². The molecule has 1 aromatic rings. The maximum atomic E-state index is 11.0. The fourth-order valence-electron chi connectivity index (χ4n) is 2.11. The van der Waals surface area contributed by atoms with E-state index in [0.717, 1.165) is 19.1 Å². The van der Waals surface area contributed by atoms with Crippen LogP contribution >= 0.6 is 0 Å². The SMILES string of the molecule is CO[C@@](N)(c1ccccc1C=O)[C@@H](O)C1CC1. The molecule has 17 heavy (non-hydrogen) atoms. The van der Waals surface area contributed by atoms with Gasteiger partial charge in [-0.05, 0) is 18.8 Å². The lowest BCUT2D eigenvalue weighted by Crippen LogP contribution is -2.51. The lowest BCUT2D eigenvalue weighted by atomic mass is 9.91. The highest BCUT2D eigenvalue weighted by Gasteiger charge is 2.45. The van der Waals surface area contributed by atoms with E-state index in [0.29, 0.717) is 11.1 Å². The van der Waals surface area contributed by atoms with Crippen LogP contribution in [0.1, 0.15) is 28.8 Å². The Labute approximate surface area is 100 Å². The van der Waals surface area contributed by atoms with E-state index in [-0.39, 0.29) is 5.92 Å². The van der Waals surface area contributed by atoms with Crippen LogP contribution in [0.5, 0.6) is 0 Å². The van der Waals surface area contributed by atoms with Gasteiger partial charge in [-0.1, -0.05) is 24.3 Å². The van der Waals surface area contributed by atoms with Crippen LogP contribution in [-0.4, -0.2) is 24.6 Å². The number of methoxy groups -OCH3 is 1. The average Bonchev–Trinajstić information content (AvgIpc) is 3.21. The molecule has 92 valence electrons. The number of benzene rings is 1. The van der Waals surface area contributed by atoms with E-state index >= 15 is 0 Å². The molecule has 0 radical (unpaired) electrons. The summed E-state index contributed by atoms with van der Waals surface area (Å²) in [5.41, 5.74) is 5.84. The molecule has 1 fully saturated rings. The van der Waals surface area contributed by atoms with E-state index in [2.05, 4.69) is 0 Å². The Morgan fingerprint density at radius 2 is 2.18 bits per heavy atom. The van der Waals surface area contributed by atoms with Crippen LogP contribution in [0.25, 0.3) is 0 Å². The summed E-state index contributed by atoms with van der Waals surface area (Å²) in [5, 5.41) is 10.2. The molecule has 0 spiro atoms. The molecule has 3 N–H and O–H groups in total. The number of aliphatic hydroxyl groups is 1. The molecule has 1 aliphatic rings. The molecule has 1 aliphatic carbocycles. The Morgan fingerprint density at radius 3 is 2.71 bits per heavy atom. The van der Waals surface area contributed by atoms with E-state index in [1.54, 1.807) is 24.3 Å². The van der Waals surface area contributed by atoms with Gasteiger partial charge in [0.1, 0.15) is 12.4 Å². The van der Waals surface area contributed by atoms with Crippen LogP contribution in [-0.2, 0) is 10.5 Å². The maximum Gasteiger partial charge on any atom is 0.169 e. The lowest BCUT2D eigenvalue weighted by Gasteiger charge is -2.34. The van der Waals surface area contributed by atoms with Crippen molar-refractivity contribution < 1.29 is 14.6 Å². The number of carbonyl (C=O) groups is 1. The highest BCUT2D eigenvalue weighted by Crippen LogP contribution is 2.40. The molecule has 4 heteroatoms. The fourth-order valence-corrected chi connectivity index (χ4v) is 2.11. The Kier molecular flexibility index (Phi) is 3.28. The molecule has 4 nitrogen and oxygen atoms in total. The molecule has 0 bridgehead atoms. The van der Waals surface area contributed by atoms with Crippen molar-refractivity contribution in [1.29, 1.82) is 0 Å². The van der Waals surface area contributed by atoms with Gasteiger partial charge in [0.15, 0.2) is 5.72 Å². The van der Waals surface area contributed by atoms with Crippen molar-refractivity contribution in [3.8, 4) is 0 Å². The summed E-state index contributed by atoms with van der Waals surface area (Å²) in [4.78, 5) is 11.0. The average molecular weight is 235 g/mol. The second kappa shape index (κ2) is 4.56. The van der Waals surface area contributed by atoms with Crippen molar-refractivity contribution >= 4 is 6.29 Å². The highest BCUT2D eigenvalue weighted by molar-refractivity contribution is 5.77. The third-order valence-corrected chi connectivity index (χ3v) is 3.35. The Bertz CT molecular complexity index is 417. The lowest BCUT2D eigenvalue weighted by molar-refractivity contribution is -0.114. The second-order valence-electron chi connectivity index (χ2n) is 4.48. The van der Waals surface area contributed by atoms with Gasteiger partial charge in [0, 0.05) is 18.2 Å². The molecule has 0 saturated heterocycles. The molecular formula is C13H17NO3. The summed E-state index contributed by atoms with van der Waals surface area (Å²) >= 11 is 0. The number of aliphatic hydroxyl groups excluding tert-OH is 1. The smallest absolute Gasteiger partial charge is 0.169 e. The van der Waals surface area contributed by atoms with E-state index < -0.39 is 11.8 Å². The van der Waals surface area contributed by atoms with Crippen molar-refractivity contribution in [2.75, 3.05) is 7.11 Å². The summed E-state index contributed by atoms with van der Waals surface area (Å²) in [5.74, 6) is 0.166. The van der Waals surface area contributed by atoms with Crippen LogP contribution < -0.4 is 5.73 Å². The van der Waals surface area contributed by atoms with Gasteiger partial charge in [0.25, 0.3) is 0 Å². The largest absolute Gasteiger partial charge is 0.388 e. The van der Waals surface area contributed by atoms with Crippen LogP contribution in [0.4, 0.5) is 0 Å². The first-order chi connectivity index (χ1) is 8.13. The summed E-state index contributed by atoms with van der Waals surface area (Å²) in [7, 11) is 1.45. The minimum absolute atomic E-state index is 0.166. The normalized spacial score (nSPS) is 20.6. The molecule has 2 rings (SSSR count). The molecule has 1 saturated carbocycles. The van der Waals surface area contributed by atoms with Gasteiger partial charge >= 0.3 is 0 Å². The number of rotatable bonds is 5. The number of aldehydes is 1. The van der Waals surface area contributed by atoms with Crippen molar-refractivity contribution in [1.82, 2.24) is 0 Å². The fraction of sp³-hybridized carbons (Fsp3) is 0.462. The highest BCUT2D eigenvalue weighted by atomic mass is 16.5. The third kappa shape index (κ3) is 2.11. The number of carbonyl (C=O) groups excluding carboxylic acids is 1. The van der Waals surface area contributed by atoms with E-state index in [9.17, 15) is 9.90 Å². The van der Waals surface area contributed by atoms with Gasteiger partial charge in [-0.25, -0.2) is 0 Å². The maximum absolute atomic E-state index is 11.0. The Morgan fingerprint density at radius 1 is 1.53 bits per heavy atom. The zero-order valence-corrected chi connectivity index (χ0v) is 9.80. The summed E-state index contributed by atoms with van der Waals surface area (Å²) in [6.45, 7) is 0. The zero-order valence-electron chi connectivity index (χ0n) is 9.80. The second-order valence-corrected chi connectivity index (χ2v) is 4.48. The first kappa shape index (κ1) is 12.2. The summed E-state index contributed by atoms with van der Waals surface area (Å²) < 4.78 is 5.30.